The number of aromatic nitrogens is 2. The molecule has 0 bridgehead atoms. The fraction of sp³-hybridized carbons (Fsp3) is 0.500. The number of anilines is 1. The van der Waals surface area contributed by atoms with Gasteiger partial charge in [-0.25, -0.2) is 19.6 Å². The Kier molecular flexibility index (Phi) is 16.8. The Hall–Kier alpha value is -4.18. The van der Waals surface area contributed by atoms with E-state index in [1.54, 1.807) is 18.2 Å². The maximum Gasteiger partial charge on any atom is 0.356 e. The number of nitrogen functional groups attached to an aromatic ring is 1. The smallest absolute Gasteiger partial charge is 0.356 e. The van der Waals surface area contributed by atoms with Crippen molar-refractivity contribution in [3.05, 3.63) is 82.9 Å². The van der Waals surface area contributed by atoms with Crippen LogP contribution in [0.2, 0.25) is 0 Å². The number of rotatable bonds is 10. The van der Waals surface area contributed by atoms with Gasteiger partial charge in [0, 0.05) is 63.5 Å². The van der Waals surface area contributed by atoms with Crippen LogP contribution in [0.5, 0.6) is 5.75 Å². The third kappa shape index (κ3) is 14.0. The van der Waals surface area contributed by atoms with Crippen LogP contribution in [0.4, 0.5) is 5.69 Å². The Bertz CT molecular complexity index is 1440. The molecule has 0 aliphatic carbocycles. The molecule has 272 valence electrons. The third-order valence-electron chi connectivity index (χ3n) is 7.81. The van der Waals surface area contributed by atoms with E-state index in [1.165, 1.54) is 14.2 Å². The molecular formula is C36H49N5O9. The average molecular weight is 696 g/mol. The highest BCUT2D eigenvalue weighted by Gasteiger charge is 2.16. The van der Waals surface area contributed by atoms with Crippen LogP contribution in [0.1, 0.15) is 37.9 Å². The predicted octanol–water partition coefficient (Wildman–Crippen LogP) is 2.64. The van der Waals surface area contributed by atoms with Gasteiger partial charge in [0.25, 0.3) is 0 Å². The number of hydrogen-bond acceptors (Lipinski definition) is 14. The van der Waals surface area contributed by atoms with Crippen molar-refractivity contribution >= 4 is 17.6 Å². The summed E-state index contributed by atoms with van der Waals surface area (Å²) in [5, 5.41) is 0. The molecule has 0 spiro atoms. The highest BCUT2D eigenvalue weighted by molar-refractivity contribution is 5.87. The second-order valence-corrected chi connectivity index (χ2v) is 11.5. The maximum absolute atomic E-state index is 12.4. The van der Waals surface area contributed by atoms with Crippen molar-refractivity contribution in [2.45, 2.75) is 19.5 Å². The number of carbonyl (C=O) groups excluding carboxylic acids is 2. The standard InChI is InChI=1S/C36H49N5O9/c1-44-35(42)33-5-3-4-30(38-33)26-40-11-16-46-20-22-48-18-13-41(14-19-49-23-21-47-17-12-40)27-31-24-32(25-34(39-31)36(43)45-2)50-15-10-28-6-8-29(37)9-7-28/h3-9,24-25H,10-23,26-27,37H2,1-2H3. The number of hydrogen-bond donors (Lipinski definition) is 1. The Balaban J connectivity index is 1.30. The first-order valence-corrected chi connectivity index (χ1v) is 16.8. The zero-order chi connectivity index (χ0) is 35.4. The van der Waals surface area contributed by atoms with Crippen LogP contribution in [-0.2, 0) is 47.9 Å². The molecule has 0 atom stereocenters. The Morgan fingerprint density at radius 3 is 1.76 bits per heavy atom. The molecule has 1 saturated heterocycles. The molecule has 2 aromatic heterocycles. The fourth-order valence-electron chi connectivity index (χ4n) is 5.11. The first kappa shape index (κ1) is 38.6. The Morgan fingerprint density at radius 1 is 0.680 bits per heavy atom. The monoisotopic (exact) mass is 695 g/mol. The summed E-state index contributed by atoms with van der Waals surface area (Å²) in [5.41, 5.74) is 9.49. The van der Waals surface area contributed by atoms with E-state index < -0.39 is 11.9 Å². The van der Waals surface area contributed by atoms with Crippen molar-refractivity contribution in [3.8, 4) is 5.75 Å². The van der Waals surface area contributed by atoms with E-state index in [0.29, 0.717) is 122 Å². The van der Waals surface area contributed by atoms with E-state index in [4.69, 9.17) is 38.9 Å². The van der Waals surface area contributed by atoms with Gasteiger partial charge in [0.1, 0.15) is 11.4 Å². The highest BCUT2D eigenvalue weighted by Crippen LogP contribution is 2.18. The number of nitrogens with zero attached hydrogens (tertiary/aromatic N) is 4. The Labute approximate surface area is 293 Å². The van der Waals surface area contributed by atoms with Crippen molar-refractivity contribution in [3.63, 3.8) is 0 Å². The summed E-state index contributed by atoms with van der Waals surface area (Å²) in [6.07, 6.45) is 0.683. The third-order valence-corrected chi connectivity index (χ3v) is 7.81. The highest BCUT2D eigenvalue weighted by atomic mass is 16.5. The minimum Gasteiger partial charge on any atom is -0.493 e. The summed E-state index contributed by atoms with van der Waals surface area (Å²) in [7, 11) is 2.67. The summed E-state index contributed by atoms with van der Waals surface area (Å²) in [4.78, 5) is 37.7. The van der Waals surface area contributed by atoms with E-state index in [1.807, 2.05) is 36.4 Å². The lowest BCUT2D eigenvalue weighted by molar-refractivity contribution is 0.00596. The number of nitrogens with two attached hydrogens (primary N) is 1. The van der Waals surface area contributed by atoms with Gasteiger partial charge >= 0.3 is 11.9 Å². The molecule has 0 radical (unpaired) electrons. The second kappa shape index (κ2) is 21.8. The van der Waals surface area contributed by atoms with E-state index in [-0.39, 0.29) is 11.4 Å². The number of methoxy groups -OCH3 is 2. The summed E-state index contributed by atoms with van der Waals surface area (Å²) in [6.45, 7) is 7.68. The van der Waals surface area contributed by atoms with Crippen LogP contribution in [0, 0.1) is 0 Å². The predicted molar refractivity (Wildman–Crippen MR) is 185 cm³/mol. The van der Waals surface area contributed by atoms with E-state index in [0.717, 1.165) is 11.3 Å². The fourth-order valence-corrected chi connectivity index (χ4v) is 5.11. The largest absolute Gasteiger partial charge is 0.493 e. The van der Waals surface area contributed by atoms with Crippen molar-refractivity contribution in [1.29, 1.82) is 0 Å². The molecule has 2 N–H and O–H groups in total. The van der Waals surface area contributed by atoms with E-state index in [9.17, 15) is 9.59 Å². The van der Waals surface area contributed by atoms with Gasteiger partial charge in [-0.3, -0.25) is 9.80 Å². The minimum absolute atomic E-state index is 0.181. The van der Waals surface area contributed by atoms with Crippen molar-refractivity contribution in [2.24, 2.45) is 0 Å². The van der Waals surface area contributed by atoms with Crippen LogP contribution in [0.3, 0.4) is 0 Å². The molecule has 1 aliphatic rings. The van der Waals surface area contributed by atoms with Gasteiger partial charge in [0.05, 0.1) is 85.1 Å². The van der Waals surface area contributed by atoms with Crippen molar-refractivity contribution in [1.82, 2.24) is 19.8 Å². The summed E-state index contributed by atoms with van der Waals surface area (Å²) in [6, 6.07) is 16.4. The van der Waals surface area contributed by atoms with Crippen LogP contribution in [0.25, 0.3) is 0 Å². The van der Waals surface area contributed by atoms with Gasteiger partial charge in [0.2, 0.25) is 0 Å². The molecule has 3 aromatic rings. The zero-order valence-electron chi connectivity index (χ0n) is 29.1. The van der Waals surface area contributed by atoms with Crippen molar-refractivity contribution in [2.75, 3.05) is 106 Å². The van der Waals surface area contributed by atoms with Gasteiger partial charge in [0.15, 0.2) is 5.69 Å². The maximum atomic E-state index is 12.4. The minimum atomic E-state index is -0.533. The van der Waals surface area contributed by atoms with Gasteiger partial charge in [-0.1, -0.05) is 18.2 Å². The molecule has 14 nitrogen and oxygen atoms in total. The number of carbonyl (C=O) groups is 2. The van der Waals surface area contributed by atoms with Gasteiger partial charge in [-0.2, -0.15) is 0 Å². The number of benzene rings is 1. The summed E-state index contributed by atoms with van der Waals surface area (Å²) in [5.74, 6) is -0.459. The first-order chi connectivity index (χ1) is 24.4. The van der Waals surface area contributed by atoms with Gasteiger partial charge in [-0.15, -0.1) is 0 Å². The molecule has 0 amide bonds. The van der Waals surface area contributed by atoms with E-state index in [2.05, 4.69) is 19.8 Å². The van der Waals surface area contributed by atoms with Crippen LogP contribution in [0.15, 0.2) is 54.6 Å². The SMILES string of the molecule is COC(=O)c1cccc(CN2CCOCCOCCN(Cc3cc(OCCc4ccc(N)cc4)cc(C(=O)OC)n3)CCOCCOCC2)n1. The topological polar surface area (TPSA) is 157 Å². The molecular weight excluding hydrogens is 646 g/mol. The molecule has 4 rings (SSSR count). The number of esters is 2. The zero-order valence-corrected chi connectivity index (χ0v) is 29.1. The molecule has 50 heavy (non-hydrogen) atoms. The summed E-state index contributed by atoms with van der Waals surface area (Å²) < 4.78 is 39.3. The molecule has 3 heterocycles. The second-order valence-electron chi connectivity index (χ2n) is 11.5. The number of pyridine rings is 2. The van der Waals surface area contributed by atoms with Gasteiger partial charge < -0.3 is 38.9 Å². The number of ether oxygens (including phenoxy) is 7. The van der Waals surface area contributed by atoms with Crippen molar-refractivity contribution < 1.29 is 42.7 Å². The molecule has 14 heteroatoms. The van der Waals surface area contributed by atoms with Crippen LogP contribution >= 0.6 is 0 Å². The van der Waals surface area contributed by atoms with Crippen LogP contribution in [-0.4, -0.2) is 132 Å². The normalized spacial score (nSPS) is 16.5. The van der Waals surface area contributed by atoms with Gasteiger partial charge in [-0.05, 0) is 29.8 Å². The lowest BCUT2D eigenvalue weighted by atomic mass is 10.1. The molecule has 1 fully saturated rings. The van der Waals surface area contributed by atoms with E-state index >= 15 is 0 Å². The lowest BCUT2D eigenvalue weighted by Crippen LogP contribution is -2.33. The molecule has 0 unspecified atom stereocenters. The molecule has 0 saturated carbocycles. The first-order valence-electron chi connectivity index (χ1n) is 16.8. The molecule has 1 aromatic carbocycles. The quantitative estimate of drug-likeness (QED) is 0.244. The average Bonchev–Trinajstić information content (AvgIpc) is 3.13. The van der Waals surface area contributed by atoms with Crippen LogP contribution < -0.4 is 10.5 Å². The molecule has 1 aliphatic heterocycles. The lowest BCUT2D eigenvalue weighted by Gasteiger charge is -2.23. The Morgan fingerprint density at radius 2 is 1.20 bits per heavy atom. The summed E-state index contributed by atoms with van der Waals surface area (Å²) >= 11 is 0.